The third kappa shape index (κ3) is 1.90. The predicted molar refractivity (Wildman–Crippen MR) is 69.8 cm³/mol. The molecule has 6 heteroatoms. The third-order valence-electron chi connectivity index (χ3n) is 2.76. The summed E-state index contributed by atoms with van der Waals surface area (Å²) in [5.74, 6) is -0.797. The second-order valence-electron chi connectivity index (χ2n) is 3.86. The van der Waals surface area contributed by atoms with Crippen LogP contribution in [0.15, 0.2) is 35.8 Å². The Kier molecular flexibility index (Phi) is 2.79. The molecule has 0 aliphatic rings. The van der Waals surface area contributed by atoms with Crippen LogP contribution in [0.1, 0.15) is 10.5 Å². The van der Waals surface area contributed by atoms with Crippen LogP contribution in [-0.2, 0) is 4.74 Å². The minimum atomic E-state index is -0.467. The number of imidazole rings is 1. The van der Waals surface area contributed by atoms with Crippen molar-refractivity contribution in [1.29, 1.82) is 0 Å². The Bertz CT molecular complexity index is 746. The quantitative estimate of drug-likeness (QED) is 0.676. The van der Waals surface area contributed by atoms with Crippen molar-refractivity contribution in [3.63, 3.8) is 0 Å². The number of fused-ring (bicyclic) bond motifs is 1. The highest BCUT2D eigenvalue weighted by Gasteiger charge is 2.21. The van der Waals surface area contributed by atoms with Gasteiger partial charge in [-0.05, 0) is 24.3 Å². The second-order valence-corrected chi connectivity index (χ2v) is 4.74. The Balaban J connectivity index is 2.25. The molecule has 0 saturated carbocycles. The predicted octanol–water partition coefficient (Wildman–Crippen LogP) is 2.99. The molecule has 0 atom stereocenters. The molecule has 0 aliphatic carbocycles. The Hall–Kier alpha value is -2.21. The molecule has 0 unspecified atom stereocenters. The zero-order chi connectivity index (χ0) is 13.4. The maximum absolute atomic E-state index is 13.0. The van der Waals surface area contributed by atoms with E-state index in [1.54, 1.807) is 22.7 Å². The molecular formula is C13H9FN2O2S. The number of thiazole rings is 1. The number of carbonyl (C=O) groups is 1. The van der Waals surface area contributed by atoms with Gasteiger partial charge in [0.1, 0.15) is 11.5 Å². The molecule has 19 heavy (non-hydrogen) atoms. The van der Waals surface area contributed by atoms with Gasteiger partial charge in [0.25, 0.3) is 0 Å². The number of rotatable bonds is 2. The van der Waals surface area contributed by atoms with Crippen LogP contribution in [0.25, 0.3) is 16.2 Å². The number of ether oxygens (including phenoxy) is 1. The summed E-state index contributed by atoms with van der Waals surface area (Å²) >= 11 is 1.42. The van der Waals surface area contributed by atoms with E-state index in [2.05, 4.69) is 4.98 Å². The average Bonchev–Trinajstić information content (AvgIpc) is 2.98. The van der Waals surface area contributed by atoms with Crippen LogP contribution in [0.4, 0.5) is 4.39 Å². The van der Waals surface area contributed by atoms with Crippen molar-refractivity contribution < 1.29 is 13.9 Å². The van der Waals surface area contributed by atoms with Gasteiger partial charge in [0, 0.05) is 17.1 Å². The highest BCUT2D eigenvalue weighted by Crippen LogP contribution is 2.27. The number of methoxy groups -OCH3 is 1. The van der Waals surface area contributed by atoms with E-state index in [4.69, 9.17) is 4.74 Å². The maximum atomic E-state index is 13.0. The van der Waals surface area contributed by atoms with Crippen LogP contribution < -0.4 is 0 Å². The summed E-state index contributed by atoms with van der Waals surface area (Å²) in [5.41, 5.74) is 1.53. The summed E-state index contributed by atoms with van der Waals surface area (Å²) in [6, 6.07) is 5.86. The fourth-order valence-corrected chi connectivity index (χ4v) is 2.60. The highest BCUT2D eigenvalue weighted by atomic mass is 32.1. The first-order valence-electron chi connectivity index (χ1n) is 5.50. The second kappa shape index (κ2) is 4.47. The van der Waals surface area contributed by atoms with E-state index in [0.29, 0.717) is 21.9 Å². The maximum Gasteiger partial charge on any atom is 0.357 e. The van der Waals surface area contributed by atoms with Crippen LogP contribution in [0, 0.1) is 5.82 Å². The number of aromatic nitrogens is 2. The lowest BCUT2D eigenvalue weighted by Gasteiger charge is -2.02. The van der Waals surface area contributed by atoms with Crippen LogP contribution >= 0.6 is 11.3 Å². The van der Waals surface area contributed by atoms with Gasteiger partial charge in [0.2, 0.25) is 0 Å². The number of halogens is 1. The summed E-state index contributed by atoms with van der Waals surface area (Å²) in [6.07, 6.45) is 1.76. The first-order valence-corrected chi connectivity index (χ1v) is 6.38. The number of nitrogens with zero attached hydrogens (tertiary/aromatic N) is 2. The SMILES string of the molecule is COC(=O)c1c(-c2ccc(F)cc2)nc2sccn12. The minimum Gasteiger partial charge on any atom is -0.464 e. The number of benzene rings is 1. The van der Waals surface area contributed by atoms with Gasteiger partial charge in [-0.2, -0.15) is 0 Å². The van der Waals surface area contributed by atoms with Crippen molar-refractivity contribution >= 4 is 22.3 Å². The van der Waals surface area contributed by atoms with E-state index in [0.717, 1.165) is 0 Å². The third-order valence-corrected chi connectivity index (χ3v) is 3.52. The van der Waals surface area contributed by atoms with Gasteiger partial charge in [0.15, 0.2) is 10.7 Å². The number of esters is 1. The molecule has 0 spiro atoms. The molecule has 4 nitrogen and oxygen atoms in total. The molecule has 2 heterocycles. The zero-order valence-corrected chi connectivity index (χ0v) is 10.8. The Morgan fingerprint density at radius 2 is 2.11 bits per heavy atom. The van der Waals surface area contributed by atoms with Crippen LogP contribution in [0.3, 0.4) is 0 Å². The topological polar surface area (TPSA) is 43.6 Å². The first-order chi connectivity index (χ1) is 9.20. The number of hydrogen-bond acceptors (Lipinski definition) is 4. The van der Waals surface area contributed by atoms with E-state index >= 15 is 0 Å². The average molecular weight is 276 g/mol. The van der Waals surface area contributed by atoms with E-state index in [1.165, 1.54) is 30.6 Å². The smallest absolute Gasteiger partial charge is 0.357 e. The monoisotopic (exact) mass is 276 g/mol. The van der Waals surface area contributed by atoms with E-state index in [9.17, 15) is 9.18 Å². The van der Waals surface area contributed by atoms with Gasteiger partial charge in [-0.1, -0.05) is 0 Å². The fraction of sp³-hybridized carbons (Fsp3) is 0.0769. The summed E-state index contributed by atoms with van der Waals surface area (Å²) < 4.78 is 19.4. The molecule has 0 aliphatic heterocycles. The van der Waals surface area contributed by atoms with Gasteiger partial charge in [-0.15, -0.1) is 11.3 Å². The van der Waals surface area contributed by atoms with E-state index in [1.807, 2.05) is 5.38 Å². The Morgan fingerprint density at radius 3 is 2.79 bits per heavy atom. The lowest BCUT2D eigenvalue weighted by Crippen LogP contribution is -2.06. The lowest BCUT2D eigenvalue weighted by atomic mass is 10.1. The van der Waals surface area contributed by atoms with E-state index < -0.39 is 5.97 Å². The van der Waals surface area contributed by atoms with Crippen LogP contribution in [0.2, 0.25) is 0 Å². The summed E-state index contributed by atoms with van der Waals surface area (Å²) in [4.78, 5) is 17.0. The van der Waals surface area contributed by atoms with Gasteiger partial charge in [0.05, 0.1) is 7.11 Å². The normalized spacial score (nSPS) is 10.8. The van der Waals surface area contributed by atoms with Crippen molar-refractivity contribution in [3.8, 4) is 11.3 Å². The number of hydrogen-bond donors (Lipinski definition) is 0. The largest absolute Gasteiger partial charge is 0.464 e. The van der Waals surface area contributed by atoms with Crippen molar-refractivity contribution in [1.82, 2.24) is 9.38 Å². The molecule has 96 valence electrons. The Labute approximate surface area is 112 Å². The molecule has 0 saturated heterocycles. The van der Waals surface area contributed by atoms with Gasteiger partial charge >= 0.3 is 5.97 Å². The standard InChI is InChI=1S/C13H9FN2O2S/c1-18-12(17)11-10(8-2-4-9(14)5-3-8)15-13-16(11)6-7-19-13/h2-7H,1H3. The summed E-state index contributed by atoms with van der Waals surface area (Å²) in [6.45, 7) is 0. The molecule has 1 aromatic carbocycles. The molecule has 0 amide bonds. The van der Waals surface area contributed by atoms with E-state index in [-0.39, 0.29) is 5.82 Å². The van der Waals surface area contributed by atoms with Gasteiger partial charge < -0.3 is 4.74 Å². The minimum absolute atomic E-state index is 0.329. The molecule has 3 rings (SSSR count). The van der Waals surface area contributed by atoms with Crippen LogP contribution in [-0.4, -0.2) is 22.5 Å². The first kappa shape index (κ1) is 11.9. The molecule has 3 aromatic rings. The van der Waals surface area contributed by atoms with Crippen molar-refractivity contribution in [3.05, 3.63) is 47.4 Å². The molecule has 0 bridgehead atoms. The van der Waals surface area contributed by atoms with Crippen molar-refractivity contribution in [2.45, 2.75) is 0 Å². The molecular weight excluding hydrogens is 267 g/mol. The fourth-order valence-electron chi connectivity index (χ4n) is 1.89. The Morgan fingerprint density at radius 1 is 1.37 bits per heavy atom. The number of carbonyl (C=O) groups excluding carboxylic acids is 1. The molecule has 0 N–H and O–H groups in total. The molecule has 0 radical (unpaired) electrons. The lowest BCUT2D eigenvalue weighted by molar-refractivity contribution is 0.0594. The zero-order valence-electron chi connectivity index (χ0n) is 9.96. The highest BCUT2D eigenvalue weighted by molar-refractivity contribution is 7.15. The molecule has 2 aromatic heterocycles. The van der Waals surface area contributed by atoms with Crippen molar-refractivity contribution in [2.75, 3.05) is 7.11 Å². The van der Waals surface area contributed by atoms with Gasteiger partial charge in [-0.25, -0.2) is 14.2 Å². The van der Waals surface area contributed by atoms with Crippen LogP contribution in [0.5, 0.6) is 0 Å². The molecule has 0 fully saturated rings. The van der Waals surface area contributed by atoms with Gasteiger partial charge in [-0.3, -0.25) is 4.40 Å². The summed E-state index contributed by atoms with van der Waals surface area (Å²) in [5, 5.41) is 1.84. The summed E-state index contributed by atoms with van der Waals surface area (Å²) in [7, 11) is 1.32. The van der Waals surface area contributed by atoms with Crippen molar-refractivity contribution in [2.24, 2.45) is 0 Å².